The van der Waals surface area contributed by atoms with E-state index in [1.54, 1.807) is 24.3 Å². The van der Waals surface area contributed by atoms with Crippen molar-refractivity contribution in [2.45, 2.75) is 119 Å². The quantitative estimate of drug-likeness (QED) is 0.173. The van der Waals surface area contributed by atoms with Gasteiger partial charge in [-0.25, -0.2) is 4.79 Å². The standard InChI is InChI=1S/C40H60O4/c1-25(2)26(3)10-11-27(4)30-15-16-31-29-14-18-35-38(5,6)36(21-23-40(35,8)32(29)20-22-39(30,31)7)44-37(42)19-13-28-12-17-33(41)34(24-28)43-9/h12-13,17-19,24-27,29-32,36,41H,10-11,14-16,20-23H2,1-9H3/b19-13+/t26-,27+,29-,30+,31-,32-,36?,39+,40+/m0/s1. The van der Waals surface area contributed by atoms with Gasteiger partial charge in [-0.1, -0.05) is 85.9 Å². The molecule has 4 nitrogen and oxygen atoms in total. The van der Waals surface area contributed by atoms with E-state index in [9.17, 15) is 9.90 Å². The lowest BCUT2D eigenvalue weighted by atomic mass is 9.44. The molecule has 4 aliphatic carbocycles. The maximum absolute atomic E-state index is 13.0. The number of ether oxygens (including phenoxy) is 2. The van der Waals surface area contributed by atoms with Crippen molar-refractivity contribution in [1.29, 1.82) is 0 Å². The summed E-state index contributed by atoms with van der Waals surface area (Å²) < 4.78 is 11.4. The molecule has 244 valence electrons. The molecule has 0 aromatic heterocycles. The van der Waals surface area contributed by atoms with Gasteiger partial charge in [0.15, 0.2) is 11.5 Å². The molecular weight excluding hydrogens is 544 g/mol. The molecule has 5 rings (SSSR count). The molecule has 0 bridgehead atoms. The van der Waals surface area contributed by atoms with Crippen LogP contribution in [-0.4, -0.2) is 24.3 Å². The summed E-state index contributed by atoms with van der Waals surface area (Å²) in [5.41, 5.74) is 2.80. The fourth-order valence-corrected chi connectivity index (χ4v) is 10.8. The first kappa shape index (κ1) is 33.1. The zero-order valence-corrected chi connectivity index (χ0v) is 29.1. The van der Waals surface area contributed by atoms with E-state index < -0.39 is 0 Å². The highest BCUT2D eigenvalue weighted by atomic mass is 16.5. The van der Waals surface area contributed by atoms with E-state index in [1.165, 1.54) is 63.7 Å². The van der Waals surface area contributed by atoms with Gasteiger partial charge in [0, 0.05) is 11.5 Å². The van der Waals surface area contributed by atoms with Gasteiger partial charge in [-0.3, -0.25) is 0 Å². The molecule has 0 saturated heterocycles. The highest BCUT2D eigenvalue weighted by molar-refractivity contribution is 5.87. The van der Waals surface area contributed by atoms with Gasteiger partial charge in [-0.2, -0.15) is 0 Å². The first-order valence-electron chi connectivity index (χ1n) is 17.7. The summed E-state index contributed by atoms with van der Waals surface area (Å²) in [4.78, 5) is 13.0. The van der Waals surface area contributed by atoms with Crippen molar-refractivity contribution in [3.05, 3.63) is 41.5 Å². The lowest BCUT2D eigenvalue weighted by molar-refractivity contribution is -0.153. The molecule has 4 heteroatoms. The van der Waals surface area contributed by atoms with Crippen LogP contribution in [0.4, 0.5) is 0 Å². The summed E-state index contributed by atoms with van der Waals surface area (Å²) in [5.74, 6) is 5.81. The molecule has 1 N–H and O–H groups in total. The first-order valence-corrected chi connectivity index (χ1v) is 17.7. The normalized spacial score (nSPS) is 35.8. The molecule has 3 saturated carbocycles. The van der Waals surface area contributed by atoms with E-state index in [0.717, 1.165) is 59.8 Å². The summed E-state index contributed by atoms with van der Waals surface area (Å²) in [7, 11) is 1.52. The molecule has 0 heterocycles. The predicted octanol–water partition coefficient (Wildman–Crippen LogP) is 10.2. The second-order valence-electron chi connectivity index (χ2n) is 16.6. The highest BCUT2D eigenvalue weighted by Crippen LogP contribution is 2.69. The number of carbonyl (C=O) groups is 1. The van der Waals surface area contributed by atoms with Gasteiger partial charge in [0.25, 0.3) is 0 Å². The van der Waals surface area contributed by atoms with Crippen LogP contribution in [0.2, 0.25) is 0 Å². The van der Waals surface area contributed by atoms with Crippen LogP contribution in [0.5, 0.6) is 11.5 Å². The van der Waals surface area contributed by atoms with Crippen LogP contribution >= 0.6 is 0 Å². The van der Waals surface area contributed by atoms with Gasteiger partial charge < -0.3 is 14.6 Å². The Labute approximate surface area is 268 Å². The van der Waals surface area contributed by atoms with Crippen LogP contribution in [0.3, 0.4) is 0 Å². The Morgan fingerprint density at radius 3 is 2.45 bits per heavy atom. The number of rotatable bonds is 9. The monoisotopic (exact) mass is 604 g/mol. The van der Waals surface area contributed by atoms with E-state index in [4.69, 9.17) is 9.47 Å². The third-order valence-electron chi connectivity index (χ3n) is 13.7. The second-order valence-corrected chi connectivity index (χ2v) is 16.6. The zero-order valence-electron chi connectivity index (χ0n) is 29.1. The van der Waals surface area contributed by atoms with Crippen LogP contribution in [0.15, 0.2) is 35.9 Å². The minimum Gasteiger partial charge on any atom is -0.504 e. The third-order valence-corrected chi connectivity index (χ3v) is 13.7. The highest BCUT2D eigenvalue weighted by Gasteiger charge is 2.61. The number of phenolic OH excluding ortho intramolecular Hbond substituents is 1. The Hall–Kier alpha value is -2.23. The summed E-state index contributed by atoms with van der Waals surface area (Å²) in [6.07, 6.45) is 17.2. The summed E-state index contributed by atoms with van der Waals surface area (Å²) >= 11 is 0. The minimum absolute atomic E-state index is 0.0823. The Balaban J connectivity index is 1.27. The van der Waals surface area contributed by atoms with E-state index in [2.05, 4.69) is 61.5 Å². The molecule has 0 amide bonds. The number of fused-ring (bicyclic) bond motifs is 5. The molecule has 1 aromatic rings. The minimum atomic E-state index is -0.310. The Morgan fingerprint density at radius 1 is 1.00 bits per heavy atom. The van der Waals surface area contributed by atoms with E-state index in [1.807, 2.05) is 0 Å². The van der Waals surface area contributed by atoms with Gasteiger partial charge in [-0.05, 0) is 121 Å². The molecule has 3 fully saturated rings. The number of phenols is 1. The Morgan fingerprint density at radius 2 is 1.75 bits per heavy atom. The maximum atomic E-state index is 13.0. The Bertz CT molecular complexity index is 1260. The fourth-order valence-electron chi connectivity index (χ4n) is 10.8. The SMILES string of the molecule is COc1cc(/C=C/C(=O)OC2CC[C@@]3(C)C(=CC[C@H]4[C@@H]5CC[C@H]([C@H](C)CC[C@H](C)C(C)C)[C@@]5(C)CC[C@@H]43)C2(C)C)ccc1O. The van der Waals surface area contributed by atoms with Crippen LogP contribution in [0.1, 0.15) is 119 Å². The number of allylic oxidation sites excluding steroid dienone is 1. The van der Waals surface area contributed by atoms with Gasteiger partial charge in [0.2, 0.25) is 0 Å². The molecule has 9 atom stereocenters. The van der Waals surface area contributed by atoms with Gasteiger partial charge >= 0.3 is 5.97 Å². The molecule has 1 aromatic carbocycles. The van der Waals surface area contributed by atoms with Crippen molar-refractivity contribution >= 4 is 12.0 Å². The summed E-state index contributed by atoms with van der Waals surface area (Å²) in [6, 6.07) is 5.05. The zero-order chi connectivity index (χ0) is 32.0. The maximum Gasteiger partial charge on any atom is 0.331 e. The average Bonchev–Trinajstić information content (AvgIpc) is 3.34. The van der Waals surface area contributed by atoms with Crippen molar-refractivity contribution in [2.75, 3.05) is 7.11 Å². The molecule has 44 heavy (non-hydrogen) atoms. The number of aromatic hydroxyl groups is 1. The largest absolute Gasteiger partial charge is 0.504 e. The average molecular weight is 605 g/mol. The van der Waals surface area contributed by atoms with Crippen LogP contribution in [-0.2, 0) is 9.53 Å². The van der Waals surface area contributed by atoms with Crippen molar-refractivity contribution in [3.63, 3.8) is 0 Å². The summed E-state index contributed by atoms with van der Waals surface area (Å²) in [6.45, 7) is 19.6. The van der Waals surface area contributed by atoms with E-state index >= 15 is 0 Å². The van der Waals surface area contributed by atoms with Gasteiger partial charge in [-0.15, -0.1) is 0 Å². The number of benzene rings is 1. The lowest BCUT2D eigenvalue weighted by Crippen LogP contribution is -2.55. The van der Waals surface area contributed by atoms with E-state index in [0.29, 0.717) is 11.2 Å². The molecule has 1 unspecified atom stereocenters. The fraction of sp³-hybridized carbons (Fsp3) is 0.725. The number of methoxy groups -OCH3 is 1. The van der Waals surface area contributed by atoms with Crippen LogP contribution in [0.25, 0.3) is 6.08 Å². The van der Waals surface area contributed by atoms with Crippen LogP contribution < -0.4 is 4.74 Å². The molecular formula is C40H60O4. The Kier molecular flexibility index (Phi) is 9.43. The second kappa shape index (κ2) is 12.5. The number of esters is 1. The predicted molar refractivity (Wildman–Crippen MR) is 180 cm³/mol. The van der Waals surface area contributed by atoms with Crippen molar-refractivity contribution in [1.82, 2.24) is 0 Å². The van der Waals surface area contributed by atoms with Crippen molar-refractivity contribution in [2.24, 2.45) is 57.7 Å². The smallest absolute Gasteiger partial charge is 0.331 e. The van der Waals surface area contributed by atoms with E-state index in [-0.39, 0.29) is 28.7 Å². The molecule has 4 aliphatic rings. The lowest BCUT2D eigenvalue weighted by Gasteiger charge is -2.61. The number of hydrogen-bond acceptors (Lipinski definition) is 4. The van der Waals surface area contributed by atoms with Gasteiger partial charge in [0.1, 0.15) is 6.10 Å². The topological polar surface area (TPSA) is 55.8 Å². The number of hydrogen-bond donors (Lipinski definition) is 1. The summed E-state index contributed by atoms with van der Waals surface area (Å²) in [5, 5.41) is 9.87. The van der Waals surface area contributed by atoms with Crippen molar-refractivity contribution < 1.29 is 19.4 Å². The molecule has 0 aliphatic heterocycles. The van der Waals surface area contributed by atoms with Crippen LogP contribution in [0, 0.1) is 57.7 Å². The first-order chi connectivity index (χ1) is 20.7. The number of carbonyl (C=O) groups excluding carboxylic acids is 1. The van der Waals surface area contributed by atoms with Gasteiger partial charge in [0.05, 0.1) is 7.11 Å². The molecule has 0 radical (unpaired) electrons. The molecule has 0 spiro atoms. The van der Waals surface area contributed by atoms with Crippen molar-refractivity contribution in [3.8, 4) is 11.5 Å². The third kappa shape index (κ3) is 5.89.